The first kappa shape index (κ1) is 24.8. The Morgan fingerprint density at radius 3 is 2.33 bits per heavy atom. The molecule has 166 valence electrons. The number of hydrogen-bond donors (Lipinski definition) is 1. The van der Waals surface area contributed by atoms with E-state index in [0.717, 1.165) is 43.6 Å². The number of piperazine rings is 1. The van der Waals surface area contributed by atoms with Crippen LogP contribution >= 0.6 is 24.8 Å². The van der Waals surface area contributed by atoms with Gasteiger partial charge in [-0.05, 0) is 48.9 Å². The Morgan fingerprint density at radius 1 is 0.967 bits per heavy atom. The third-order valence-electron chi connectivity index (χ3n) is 5.99. The molecule has 1 N–H and O–H groups in total. The highest BCUT2D eigenvalue weighted by molar-refractivity contribution is 5.85. The van der Waals surface area contributed by atoms with Crippen LogP contribution in [0.1, 0.15) is 43.4 Å². The molecule has 0 unspecified atom stereocenters. The van der Waals surface area contributed by atoms with E-state index in [1.165, 1.54) is 30.4 Å². The van der Waals surface area contributed by atoms with Crippen LogP contribution in [-0.4, -0.2) is 37.7 Å². The van der Waals surface area contributed by atoms with Crippen molar-refractivity contribution >= 4 is 24.8 Å². The quantitative estimate of drug-likeness (QED) is 0.592. The summed E-state index contributed by atoms with van der Waals surface area (Å²) in [4.78, 5) is 2.66. The number of halogens is 2. The minimum absolute atomic E-state index is 0. The van der Waals surface area contributed by atoms with Crippen LogP contribution in [0.2, 0.25) is 0 Å². The van der Waals surface area contributed by atoms with Crippen LogP contribution in [0.4, 0.5) is 0 Å². The molecule has 4 nitrogen and oxygen atoms in total. The zero-order valence-electron chi connectivity index (χ0n) is 17.7. The summed E-state index contributed by atoms with van der Waals surface area (Å²) < 4.78 is 12.1. The second-order valence-electron chi connectivity index (χ2n) is 7.84. The normalized spacial score (nSPS) is 17.8. The molecule has 1 saturated heterocycles. The summed E-state index contributed by atoms with van der Waals surface area (Å²) in [5.74, 6) is 2.47. The van der Waals surface area contributed by atoms with E-state index in [4.69, 9.17) is 9.47 Å². The highest BCUT2D eigenvalue weighted by atomic mass is 35.5. The van der Waals surface area contributed by atoms with Crippen molar-refractivity contribution in [2.75, 3.05) is 32.8 Å². The van der Waals surface area contributed by atoms with E-state index >= 15 is 0 Å². The molecule has 1 atom stereocenters. The average Bonchev–Trinajstić information content (AvgIpc) is 2.71. The Balaban J connectivity index is 0.00000160. The van der Waals surface area contributed by atoms with Gasteiger partial charge < -0.3 is 14.8 Å². The average molecular weight is 453 g/mol. The lowest BCUT2D eigenvalue weighted by molar-refractivity contribution is 0.0834. The molecular weight excluding hydrogens is 419 g/mol. The van der Waals surface area contributed by atoms with Crippen molar-refractivity contribution < 1.29 is 9.47 Å². The molecule has 4 rings (SSSR count). The molecule has 6 heteroatoms. The SMILES string of the molecule is CCOc1cc([C@H](C2CCC2)N2CCNCC2)ccc1OCc1ccccc1.Cl.Cl. The van der Waals surface area contributed by atoms with Crippen LogP contribution in [0.3, 0.4) is 0 Å². The highest BCUT2D eigenvalue weighted by Gasteiger charge is 2.34. The molecule has 0 spiro atoms. The maximum atomic E-state index is 6.11. The molecule has 2 aromatic carbocycles. The molecule has 0 radical (unpaired) electrons. The smallest absolute Gasteiger partial charge is 0.161 e. The van der Waals surface area contributed by atoms with Crippen molar-refractivity contribution in [3.63, 3.8) is 0 Å². The number of nitrogens with zero attached hydrogens (tertiary/aromatic N) is 1. The van der Waals surface area contributed by atoms with Crippen LogP contribution in [0, 0.1) is 5.92 Å². The molecule has 1 aliphatic carbocycles. The Labute approximate surface area is 193 Å². The van der Waals surface area contributed by atoms with E-state index in [1.54, 1.807) is 0 Å². The van der Waals surface area contributed by atoms with E-state index in [9.17, 15) is 0 Å². The molecule has 1 aliphatic heterocycles. The van der Waals surface area contributed by atoms with Gasteiger partial charge >= 0.3 is 0 Å². The van der Waals surface area contributed by atoms with Crippen LogP contribution < -0.4 is 14.8 Å². The lowest BCUT2D eigenvalue weighted by atomic mass is 9.76. The van der Waals surface area contributed by atoms with Gasteiger partial charge in [-0.3, -0.25) is 4.90 Å². The molecule has 0 amide bonds. The second-order valence-corrected chi connectivity index (χ2v) is 7.84. The first-order valence-electron chi connectivity index (χ1n) is 10.7. The van der Waals surface area contributed by atoms with Gasteiger partial charge in [-0.2, -0.15) is 0 Å². The number of ether oxygens (including phenoxy) is 2. The Kier molecular flexibility index (Phi) is 10.3. The Bertz CT molecular complexity index is 750. The summed E-state index contributed by atoms with van der Waals surface area (Å²) in [5.41, 5.74) is 2.55. The van der Waals surface area contributed by atoms with Gasteiger partial charge in [0.15, 0.2) is 11.5 Å². The largest absolute Gasteiger partial charge is 0.490 e. The molecule has 2 aliphatic rings. The minimum atomic E-state index is 0. The first-order valence-corrected chi connectivity index (χ1v) is 10.7. The molecule has 1 heterocycles. The maximum Gasteiger partial charge on any atom is 0.161 e. The first-order chi connectivity index (χ1) is 13.8. The zero-order chi connectivity index (χ0) is 19.2. The van der Waals surface area contributed by atoms with Crippen LogP contribution in [-0.2, 0) is 6.61 Å². The van der Waals surface area contributed by atoms with E-state index in [1.807, 2.05) is 25.1 Å². The highest BCUT2D eigenvalue weighted by Crippen LogP contribution is 2.43. The second kappa shape index (κ2) is 12.4. The fourth-order valence-corrected chi connectivity index (χ4v) is 4.33. The third kappa shape index (κ3) is 6.04. The summed E-state index contributed by atoms with van der Waals surface area (Å²) in [6.07, 6.45) is 4.04. The van der Waals surface area contributed by atoms with Gasteiger partial charge in [-0.1, -0.05) is 42.8 Å². The molecular formula is C24H34Cl2N2O2. The van der Waals surface area contributed by atoms with Crippen LogP contribution in [0.25, 0.3) is 0 Å². The molecule has 2 aromatic rings. The summed E-state index contributed by atoms with van der Waals surface area (Å²) in [6.45, 7) is 7.65. The van der Waals surface area contributed by atoms with Crippen molar-refractivity contribution in [2.45, 2.75) is 38.8 Å². The van der Waals surface area contributed by atoms with Crippen LogP contribution in [0.15, 0.2) is 48.5 Å². The molecule has 2 fully saturated rings. The van der Waals surface area contributed by atoms with Gasteiger partial charge in [0.05, 0.1) is 6.61 Å². The van der Waals surface area contributed by atoms with Crippen molar-refractivity contribution in [1.82, 2.24) is 10.2 Å². The maximum absolute atomic E-state index is 6.11. The van der Waals surface area contributed by atoms with Gasteiger partial charge in [0.2, 0.25) is 0 Å². The molecule has 30 heavy (non-hydrogen) atoms. The van der Waals surface area contributed by atoms with Crippen molar-refractivity contribution in [3.05, 3.63) is 59.7 Å². The van der Waals surface area contributed by atoms with Gasteiger partial charge in [0.1, 0.15) is 6.61 Å². The summed E-state index contributed by atoms with van der Waals surface area (Å²) >= 11 is 0. The number of hydrogen-bond acceptors (Lipinski definition) is 4. The monoisotopic (exact) mass is 452 g/mol. The van der Waals surface area contributed by atoms with Crippen molar-refractivity contribution in [2.24, 2.45) is 5.92 Å². The van der Waals surface area contributed by atoms with E-state index in [0.29, 0.717) is 19.3 Å². The number of rotatable bonds is 8. The number of nitrogens with one attached hydrogen (secondary N) is 1. The van der Waals surface area contributed by atoms with E-state index < -0.39 is 0 Å². The zero-order valence-corrected chi connectivity index (χ0v) is 19.4. The predicted octanol–water partition coefficient (Wildman–Crippen LogP) is 5.25. The lowest BCUT2D eigenvalue weighted by Crippen LogP contribution is -2.47. The Morgan fingerprint density at radius 2 is 1.70 bits per heavy atom. The van der Waals surface area contributed by atoms with E-state index in [-0.39, 0.29) is 24.8 Å². The minimum Gasteiger partial charge on any atom is -0.490 e. The van der Waals surface area contributed by atoms with Crippen LogP contribution in [0.5, 0.6) is 11.5 Å². The number of benzene rings is 2. The van der Waals surface area contributed by atoms with Crippen molar-refractivity contribution in [1.29, 1.82) is 0 Å². The predicted molar refractivity (Wildman–Crippen MR) is 127 cm³/mol. The van der Waals surface area contributed by atoms with Gasteiger partial charge in [0.25, 0.3) is 0 Å². The van der Waals surface area contributed by atoms with E-state index in [2.05, 4.69) is 40.5 Å². The summed E-state index contributed by atoms with van der Waals surface area (Å²) in [5, 5.41) is 3.48. The van der Waals surface area contributed by atoms with Crippen molar-refractivity contribution in [3.8, 4) is 11.5 Å². The fourth-order valence-electron chi connectivity index (χ4n) is 4.33. The third-order valence-corrected chi connectivity index (χ3v) is 5.99. The summed E-state index contributed by atoms with van der Waals surface area (Å²) in [7, 11) is 0. The van der Waals surface area contributed by atoms with Gasteiger partial charge in [0, 0.05) is 32.2 Å². The summed E-state index contributed by atoms with van der Waals surface area (Å²) in [6, 6.07) is 17.4. The fraction of sp³-hybridized carbons (Fsp3) is 0.500. The molecule has 1 saturated carbocycles. The van der Waals surface area contributed by atoms with Gasteiger partial charge in [-0.15, -0.1) is 24.8 Å². The standard InChI is InChI=1S/C24H32N2O2.2ClH/c1-2-27-23-17-21(11-12-22(23)28-18-19-7-4-3-5-8-19)24(20-9-6-10-20)26-15-13-25-14-16-26;;/h3-5,7-8,11-12,17,20,24-25H,2,6,9-10,13-16,18H2,1H3;2*1H/t24-;;/m0../s1. The molecule has 0 bridgehead atoms. The topological polar surface area (TPSA) is 33.7 Å². The van der Waals surface area contributed by atoms with Gasteiger partial charge in [-0.25, -0.2) is 0 Å². The molecule has 0 aromatic heterocycles. The lowest BCUT2D eigenvalue weighted by Gasteiger charge is -2.43. The Hall–Kier alpha value is -1.46.